The number of nitrogens with one attached hydrogen (secondary N) is 1. The Hall–Kier alpha value is -1.39. The van der Waals surface area contributed by atoms with Gasteiger partial charge in [-0.1, -0.05) is 13.3 Å². The van der Waals surface area contributed by atoms with Gasteiger partial charge in [-0.3, -0.25) is 0 Å². The Morgan fingerprint density at radius 1 is 1.32 bits per heavy atom. The number of nitrogens with two attached hydrogens (primary N) is 1. The summed E-state index contributed by atoms with van der Waals surface area (Å²) in [5, 5.41) is 3.19. The molecule has 0 atom stereocenters. The van der Waals surface area contributed by atoms with Crippen molar-refractivity contribution in [3.05, 3.63) is 23.8 Å². The molecular weight excluding hydrogens is 253 g/mol. The average Bonchev–Trinajstić information content (AvgIpc) is 2.28. The Kier molecular flexibility index (Phi) is 3.65. The van der Waals surface area contributed by atoms with E-state index in [0.717, 1.165) is 25.1 Å². The Morgan fingerprint density at radius 3 is 2.42 bits per heavy atom. The maximum absolute atomic E-state index is 12.5. The average molecular weight is 272 g/mol. The van der Waals surface area contributed by atoms with E-state index in [2.05, 4.69) is 12.2 Å². The molecule has 2 nitrogen and oxygen atoms in total. The van der Waals surface area contributed by atoms with Crippen LogP contribution >= 0.6 is 0 Å². The minimum Gasteiger partial charge on any atom is -0.397 e. The van der Waals surface area contributed by atoms with Gasteiger partial charge in [0.05, 0.1) is 16.9 Å². The second-order valence-electron chi connectivity index (χ2n) is 5.36. The molecule has 0 amide bonds. The molecule has 1 fully saturated rings. The molecule has 106 valence electrons. The van der Waals surface area contributed by atoms with E-state index in [0.29, 0.717) is 11.1 Å². The molecule has 19 heavy (non-hydrogen) atoms. The van der Waals surface area contributed by atoms with E-state index in [1.807, 2.05) is 0 Å². The summed E-state index contributed by atoms with van der Waals surface area (Å²) in [5.74, 6) is 0. The third kappa shape index (κ3) is 2.96. The fourth-order valence-corrected chi connectivity index (χ4v) is 2.51. The Morgan fingerprint density at radius 2 is 2.00 bits per heavy atom. The molecular formula is C14H19F3N2. The second-order valence-corrected chi connectivity index (χ2v) is 5.36. The number of benzene rings is 1. The molecule has 2 rings (SSSR count). The molecule has 5 heteroatoms. The van der Waals surface area contributed by atoms with Gasteiger partial charge in [-0.2, -0.15) is 13.2 Å². The summed E-state index contributed by atoms with van der Waals surface area (Å²) in [6.45, 7) is 2.93. The van der Waals surface area contributed by atoms with Gasteiger partial charge >= 0.3 is 6.18 Å². The number of anilines is 2. The summed E-state index contributed by atoms with van der Waals surface area (Å²) in [7, 11) is 0. The molecule has 1 aliphatic carbocycles. The molecule has 3 N–H and O–H groups in total. The molecule has 0 bridgehead atoms. The van der Waals surface area contributed by atoms with Crippen LogP contribution in [0.3, 0.4) is 0 Å². The van der Waals surface area contributed by atoms with Crippen LogP contribution < -0.4 is 11.1 Å². The van der Waals surface area contributed by atoms with Crippen LogP contribution in [0.25, 0.3) is 0 Å². The van der Waals surface area contributed by atoms with Crippen molar-refractivity contribution in [1.29, 1.82) is 0 Å². The van der Waals surface area contributed by atoms with Gasteiger partial charge in [0, 0.05) is 6.54 Å². The van der Waals surface area contributed by atoms with E-state index in [4.69, 9.17) is 5.73 Å². The van der Waals surface area contributed by atoms with Crippen LogP contribution in [0.4, 0.5) is 24.5 Å². The zero-order valence-corrected chi connectivity index (χ0v) is 11.0. The standard InChI is InChI=1S/C14H19F3N2/c1-2-13(6-3-7-13)9-19-12-5-4-10(8-11(12)18)14(15,16)17/h4-5,8,19H,2-3,6-7,9,18H2,1H3. The molecule has 0 unspecified atom stereocenters. The lowest BCUT2D eigenvalue weighted by Crippen LogP contribution is -2.36. The van der Waals surface area contributed by atoms with Gasteiger partial charge in [0.25, 0.3) is 0 Å². The summed E-state index contributed by atoms with van der Waals surface area (Å²) >= 11 is 0. The van der Waals surface area contributed by atoms with Gasteiger partial charge in [-0.05, 0) is 42.9 Å². The number of halogens is 3. The fraction of sp³-hybridized carbons (Fsp3) is 0.571. The van der Waals surface area contributed by atoms with Crippen molar-refractivity contribution in [2.75, 3.05) is 17.6 Å². The molecule has 0 saturated heterocycles. The van der Waals surface area contributed by atoms with E-state index in [9.17, 15) is 13.2 Å². The van der Waals surface area contributed by atoms with Crippen molar-refractivity contribution in [3.63, 3.8) is 0 Å². The van der Waals surface area contributed by atoms with Crippen LogP contribution in [-0.4, -0.2) is 6.54 Å². The number of hydrogen-bond donors (Lipinski definition) is 2. The maximum Gasteiger partial charge on any atom is 0.416 e. The summed E-state index contributed by atoms with van der Waals surface area (Å²) in [6, 6.07) is 3.47. The monoisotopic (exact) mass is 272 g/mol. The minimum absolute atomic E-state index is 0.153. The van der Waals surface area contributed by atoms with Crippen LogP contribution in [0.2, 0.25) is 0 Å². The van der Waals surface area contributed by atoms with E-state index in [-0.39, 0.29) is 5.69 Å². The Balaban J connectivity index is 2.05. The number of hydrogen-bond acceptors (Lipinski definition) is 2. The van der Waals surface area contributed by atoms with E-state index in [1.54, 1.807) is 0 Å². The predicted octanol–water partition coefficient (Wildman–Crippen LogP) is 4.28. The summed E-state index contributed by atoms with van der Waals surface area (Å²) in [4.78, 5) is 0. The zero-order chi connectivity index (χ0) is 14.1. The summed E-state index contributed by atoms with van der Waals surface area (Å²) in [5.41, 5.74) is 6.03. The molecule has 0 aromatic heterocycles. The Bertz CT molecular complexity index is 445. The molecule has 0 aliphatic heterocycles. The highest BCUT2D eigenvalue weighted by atomic mass is 19.4. The van der Waals surface area contributed by atoms with Crippen LogP contribution in [0.5, 0.6) is 0 Å². The van der Waals surface area contributed by atoms with Crippen molar-refractivity contribution in [2.45, 2.75) is 38.8 Å². The van der Waals surface area contributed by atoms with Gasteiger partial charge in [0.1, 0.15) is 0 Å². The van der Waals surface area contributed by atoms with E-state index < -0.39 is 11.7 Å². The number of nitrogen functional groups attached to an aromatic ring is 1. The van der Waals surface area contributed by atoms with Gasteiger partial charge in [-0.25, -0.2) is 0 Å². The van der Waals surface area contributed by atoms with Crippen molar-refractivity contribution in [1.82, 2.24) is 0 Å². The third-order valence-corrected chi connectivity index (χ3v) is 4.20. The first-order valence-electron chi connectivity index (χ1n) is 6.57. The predicted molar refractivity (Wildman–Crippen MR) is 70.9 cm³/mol. The molecule has 0 heterocycles. The smallest absolute Gasteiger partial charge is 0.397 e. The molecule has 1 aromatic carbocycles. The van der Waals surface area contributed by atoms with Crippen molar-refractivity contribution in [3.8, 4) is 0 Å². The molecule has 0 radical (unpaired) electrons. The first-order valence-corrected chi connectivity index (χ1v) is 6.57. The number of alkyl halides is 3. The third-order valence-electron chi connectivity index (χ3n) is 4.20. The molecule has 1 aromatic rings. The highest BCUT2D eigenvalue weighted by Gasteiger charge is 2.35. The molecule has 0 spiro atoms. The Labute approximate surface area is 111 Å². The van der Waals surface area contributed by atoms with E-state index in [1.165, 1.54) is 25.3 Å². The summed E-state index contributed by atoms with van der Waals surface area (Å²) in [6.07, 6.45) is 0.331. The fourth-order valence-electron chi connectivity index (χ4n) is 2.51. The maximum atomic E-state index is 12.5. The largest absolute Gasteiger partial charge is 0.416 e. The van der Waals surface area contributed by atoms with E-state index >= 15 is 0 Å². The van der Waals surface area contributed by atoms with Crippen LogP contribution in [0.15, 0.2) is 18.2 Å². The highest BCUT2D eigenvalue weighted by Crippen LogP contribution is 2.44. The number of rotatable bonds is 4. The lowest BCUT2D eigenvalue weighted by Gasteiger charge is -2.41. The van der Waals surface area contributed by atoms with Crippen molar-refractivity contribution in [2.24, 2.45) is 5.41 Å². The first-order chi connectivity index (χ1) is 8.86. The van der Waals surface area contributed by atoms with Gasteiger partial charge < -0.3 is 11.1 Å². The molecule has 1 saturated carbocycles. The van der Waals surface area contributed by atoms with Gasteiger partial charge in [0.15, 0.2) is 0 Å². The molecule has 1 aliphatic rings. The van der Waals surface area contributed by atoms with Crippen LogP contribution in [0.1, 0.15) is 38.2 Å². The topological polar surface area (TPSA) is 38.0 Å². The SMILES string of the molecule is CCC1(CNc2ccc(C(F)(F)F)cc2N)CCC1. The lowest BCUT2D eigenvalue weighted by atomic mass is 9.67. The summed E-state index contributed by atoms with van der Waals surface area (Å²) < 4.78 is 37.6. The minimum atomic E-state index is -4.34. The highest BCUT2D eigenvalue weighted by molar-refractivity contribution is 5.67. The van der Waals surface area contributed by atoms with Crippen LogP contribution in [-0.2, 0) is 6.18 Å². The lowest BCUT2D eigenvalue weighted by molar-refractivity contribution is -0.137. The van der Waals surface area contributed by atoms with Crippen molar-refractivity contribution < 1.29 is 13.2 Å². The van der Waals surface area contributed by atoms with Gasteiger partial charge in [0.2, 0.25) is 0 Å². The normalized spacial score (nSPS) is 17.9. The second kappa shape index (κ2) is 4.94. The van der Waals surface area contributed by atoms with Crippen LogP contribution in [0, 0.1) is 5.41 Å². The van der Waals surface area contributed by atoms with Gasteiger partial charge in [-0.15, -0.1) is 0 Å². The van der Waals surface area contributed by atoms with Crippen molar-refractivity contribution >= 4 is 11.4 Å². The zero-order valence-electron chi connectivity index (χ0n) is 11.0. The quantitative estimate of drug-likeness (QED) is 0.803. The first kappa shape index (κ1) is 14.0.